The minimum atomic E-state index is -0.206. The molecule has 5 rings (SSSR count). The molecule has 2 heterocycles. The van der Waals surface area contributed by atoms with Gasteiger partial charge in [-0.3, -0.25) is 4.79 Å². The molecule has 150 valence electrons. The average molecular weight is 426 g/mol. The summed E-state index contributed by atoms with van der Waals surface area (Å²) >= 11 is 6.29. The van der Waals surface area contributed by atoms with Gasteiger partial charge in [-0.25, -0.2) is 4.98 Å². The lowest BCUT2D eigenvalue weighted by Crippen LogP contribution is -2.03. The average Bonchev–Trinajstić information content (AvgIpc) is 3.45. The van der Waals surface area contributed by atoms with Crippen molar-refractivity contribution < 1.29 is 13.6 Å². The van der Waals surface area contributed by atoms with E-state index in [9.17, 15) is 4.79 Å². The van der Waals surface area contributed by atoms with E-state index >= 15 is 0 Å². The molecule has 3 aromatic carbocycles. The lowest BCUT2D eigenvalue weighted by atomic mass is 10.0. The number of furan rings is 1. The zero-order valence-electron chi connectivity index (χ0n) is 16.3. The van der Waals surface area contributed by atoms with E-state index in [4.69, 9.17) is 20.4 Å². The van der Waals surface area contributed by atoms with Crippen LogP contribution in [0.25, 0.3) is 34.1 Å². The van der Waals surface area contributed by atoms with Crippen LogP contribution in [0.5, 0.6) is 0 Å². The number of aromatic nitrogens is 1. The number of oxazole rings is 1. The van der Waals surface area contributed by atoms with Crippen LogP contribution in [0.3, 0.4) is 0 Å². The fourth-order valence-electron chi connectivity index (χ4n) is 3.34. The molecule has 0 spiro atoms. The number of allylic oxidation sites excluding steroid dienone is 1. The van der Waals surface area contributed by atoms with E-state index in [1.165, 1.54) is 0 Å². The molecule has 0 unspecified atom stereocenters. The van der Waals surface area contributed by atoms with Crippen LogP contribution in [0.15, 0.2) is 99.8 Å². The summed E-state index contributed by atoms with van der Waals surface area (Å²) in [5.41, 5.74) is 2.92. The van der Waals surface area contributed by atoms with Crippen LogP contribution in [-0.2, 0) is 0 Å². The number of ketones is 1. The molecule has 31 heavy (non-hydrogen) atoms. The summed E-state index contributed by atoms with van der Waals surface area (Å²) < 4.78 is 11.9. The summed E-state index contributed by atoms with van der Waals surface area (Å²) in [5.74, 6) is 1.14. The summed E-state index contributed by atoms with van der Waals surface area (Å²) in [7, 11) is 0. The van der Waals surface area contributed by atoms with Crippen molar-refractivity contribution in [2.75, 3.05) is 0 Å². The monoisotopic (exact) mass is 425 g/mol. The van der Waals surface area contributed by atoms with Gasteiger partial charge in [-0.15, -0.1) is 0 Å². The van der Waals surface area contributed by atoms with Gasteiger partial charge in [0.1, 0.15) is 17.0 Å². The summed E-state index contributed by atoms with van der Waals surface area (Å²) in [5, 5.41) is 0.590. The topological polar surface area (TPSA) is 56.2 Å². The van der Waals surface area contributed by atoms with Crippen LogP contribution in [0, 0.1) is 0 Å². The zero-order valence-corrected chi connectivity index (χ0v) is 17.0. The van der Waals surface area contributed by atoms with Gasteiger partial charge in [0.05, 0.1) is 10.6 Å². The molecule has 0 aliphatic heterocycles. The van der Waals surface area contributed by atoms with Crippen molar-refractivity contribution in [3.05, 3.63) is 113 Å². The van der Waals surface area contributed by atoms with Gasteiger partial charge in [-0.05, 0) is 42.5 Å². The first-order valence-electron chi connectivity index (χ1n) is 9.71. The quantitative estimate of drug-likeness (QED) is 0.221. The van der Waals surface area contributed by atoms with Gasteiger partial charge in [0.25, 0.3) is 0 Å². The maximum absolute atomic E-state index is 13.3. The summed E-state index contributed by atoms with van der Waals surface area (Å²) in [6, 6.07) is 27.5. The number of carbonyl (C=O) groups is 1. The largest absolute Gasteiger partial charge is 0.457 e. The fourth-order valence-corrected chi connectivity index (χ4v) is 3.56. The third-order valence-electron chi connectivity index (χ3n) is 4.86. The number of rotatable bonds is 5. The first-order chi connectivity index (χ1) is 15.2. The van der Waals surface area contributed by atoms with Crippen molar-refractivity contribution in [2.45, 2.75) is 0 Å². The van der Waals surface area contributed by atoms with Crippen molar-refractivity contribution in [3.8, 4) is 11.3 Å². The Balaban J connectivity index is 1.61. The van der Waals surface area contributed by atoms with E-state index < -0.39 is 0 Å². The molecule has 0 atom stereocenters. The predicted octanol–water partition coefficient (Wildman–Crippen LogP) is 7.16. The summed E-state index contributed by atoms with van der Waals surface area (Å²) in [4.78, 5) is 17.8. The maximum Gasteiger partial charge on any atom is 0.231 e. The van der Waals surface area contributed by atoms with Crippen LogP contribution in [0.2, 0.25) is 5.02 Å². The minimum Gasteiger partial charge on any atom is -0.457 e. The Bertz CT molecular complexity index is 1380. The SMILES string of the molecule is O=C(/C(=C\c1ccc(-c2ccccc2Cl)o1)c1nc2ccccc2o1)c1ccccc1. The first-order valence-corrected chi connectivity index (χ1v) is 10.1. The molecular weight excluding hydrogens is 410 g/mol. The van der Waals surface area contributed by atoms with Gasteiger partial charge in [0.15, 0.2) is 11.4 Å². The Morgan fingerprint density at radius 3 is 2.35 bits per heavy atom. The molecule has 0 radical (unpaired) electrons. The second kappa shape index (κ2) is 8.09. The molecule has 0 fully saturated rings. The van der Waals surface area contributed by atoms with Gasteiger partial charge < -0.3 is 8.83 Å². The number of carbonyl (C=O) groups excluding carboxylic acids is 1. The third kappa shape index (κ3) is 3.81. The van der Waals surface area contributed by atoms with Crippen LogP contribution >= 0.6 is 11.6 Å². The number of hydrogen-bond acceptors (Lipinski definition) is 4. The van der Waals surface area contributed by atoms with Gasteiger partial charge in [0.2, 0.25) is 5.89 Å². The lowest BCUT2D eigenvalue weighted by molar-refractivity contribution is 0.105. The number of hydrogen-bond donors (Lipinski definition) is 0. The molecule has 0 saturated carbocycles. The Kier molecular flexibility index (Phi) is 4.98. The van der Waals surface area contributed by atoms with Crippen molar-refractivity contribution in [3.63, 3.8) is 0 Å². The van der Waals surface area contributed by atoms with E-state index in [1.54, 1.807) is 30.3 Å². The Morgan fingerprint density at radius 1 is 0.806 bits per heavy atom. The van der Waals surface area contributed by atoms with Crippen molar-refractivity contribution >= 4 is 40.1 Å². The number of halogens is 1. The molecule has 0 aliphatic carbocycles. The summed E-state index contributed by atoms with van der Waals surface area (Å²) in [6.45, 7) is 0. The highest BCUT2D eigenvalue weighted by molar-refractivity contribution is 6.33. The minimum absolute atomic E-state index is 0.206. The molecule has 0 bridgehead atoms. The Labute approximate surface area is 183 Å². The molecule has 5 heteroatoms. The highest BCUT2D eigenvalue weighted by Crippen LogP contribution is 2.31. The van der Waals surface area contributed by atoms with E-state index in [0.29, 0.717) is 38.8 Å². The fraction of sp³-hybridized carbons (Fsp3) is 0. The van der Waals surface area contributed by atoms with E-state index in [0.717, 1.165) is 5.56 Å². The Morgan fingerprint density at radius 2 is 1.55 bits per heavy atom. The predicted molar refractivity (Wildman–Crippen MR) is 122 cm³/mol. The maximum atomic E-state index is 13.3. The highest BCUT2D eigenvalue weighted by atomic mass is 35.5. The third-order valence-corrected chi connectivity index (χ3v) is 5.19. The van der Waals surface area contributed by atoms with Gasteiger partial charge in [-0.2, -0.15) is 0 Å². The van der Waals surface area contributed by atoms with E-state index in [-0.39, 0.29) is 11.7 Å². The first kappa shape index (κ1) is 19.1. The highest BCUT2D eigenvalue weighted by Gasteiger charge is 2.21. The van der Waals surface area contributed by atoms with Crippen molar-refractivity contribution in [2.24, 2.45) is 0 Å². The standard InChI is InChI=1S/C26H16ClNO3/c27-21-11-5-4-10-19(21)23-15-14-18(30-23)16-20(25(29)17-8-2-1-3-9-17)26-28-22-12-6-7-13-24(22)31-26/h1-16H/b20-16+. The molecule has 4 nitrogen and oxygen atoms in total. The van der Waals surface area contributed by atoms with Crippen LogP contribution in [0.4, 0.5) is 0 Å². The smallest absolute Gasteiger partial charge is 0.231 e. The van der Waals surface area contributed by atoms with Gasteiger partial charge in [-0.1, -0.05) is 66.2 Å². The van der Waals surface area contributed by atoms with Gasteiger partial charge in [0, 0.05) is 11.1 Å². The molecule has 5 aromatic rings. The molecule has 0 amide bonds. The molecule has 0 saturated heterocycles. The van der Waals surface area contributed by atoms with Crippen molar-refractivity contribution in [1.82, 2.24) is 4.98 Å². The van der Waals surface area contributed by atoms with Crippen LogP contribution in [0.1, 0.15) is 22.0 Å². The van der Waals surface area contributed by atoms with E-state index in [1.807, 2.05) is 66.7 Å². The second-order valence-corrected chi connectivity index (χ2v) is 7.33. The zero-order chi connectivity index (χ0) is 21.2. The number of fused-ring (bicyclic) bond motifs is 1. The number of para-hydroxylation sites is 2. The van der Waals surface area contributed by atoms with E-state index in [2.05, 4.69) is 4.98 Å². The summed E-state index contributed by atoms with van der Waals surface area (Å²) in [6.07, 6.45) is 1.65. The van der Waals surface area contributed by atoms with Gasteiger partial charge >= 0.3 is 0 Å². The van der Waals surface area contributed by atoms with Crippen molar-refractivity contribution in [1.29, 1.82) is 0 Å². The number of nitrogens with zero attached hydrogens (tertiary/aromatic N) is 1. The molecule has 0 N–H and O–H groups in total. The number of Topliss-reactive ketones (excluding diaryl/α,β-unsaturated/α-hetero) is 1. The lowest BCUT2D eigenvalue weighted by Gasteiger charge is -2.03. The molecular formula is C26H16ClNO3. The van der Waals surface area contributed by atoms with Crippen LogP contribution in [-0.4, -0.2) is 10.8 Å². The van der Waals surface area contributed by atoms with Crippen LogP contribution < -0.4 is 0 Å². The second-order valence-electron chi connectivity index (χ2n) is 6.92. The Hall–Kier alpha value is -3.89. The molecule has 0 aliphatic rings. The number of benzene rings is 3. The molecule has 2 aromatic heterocycles. The normalized spacial score (nSPS) is 11.7.